The van der Waals surface area contributed by atoms with Crippen LogP contribution < -0.4 is 10.2 Å². The maximum Gasteiger partial charge on any atom is 0.244 e. The van der Waals surface area contributed by atoms with Crippen molar-refractivity contribution in [2.45, 2.75) is 38.1 Å². The summed E-state index contributed by atoms with van der Waals surface area (Å²) >= 11 is 0. The Labute approximate surface area is 113 Å². The van der Waals surface area contributed by atoms with Crippen molar-refractivity contribution in [3.63, 3.8) is 0 Å². The number of nitrogens with one attached hydrogen (secondary N) is 2. The van der Waals surface area contributed by atoms with Crippen LogP contribution in [0.4, 0.5) is 5.95 Å². The molecule has 0 aromatic carbocycles. The van der Waals surface area contributed by atoms with E-state index in [1.807, 2.05) is 0 Å². The highest BCUT2D eigenvalue weighted by Crippen LogP contribution is 2.27. The van der Waals surface area contributed by atoms with E-state index in [2.05, 4.69) is 25.4 Å². The fraction of sp³-hybridized carbons (Fsp3) is 0.846. The summed E-state index contributed by atoms with van der Waals surface area (Å²) in [7, 11) is 0. The third-order valence-electron chi connectivity index (χ3n) is 4.22. The van der Waals surface area contributed by atoms with Gasteiger partial charge in [0.1, 0.15) is 5.82 Å². The van der Waals surface area contributed by atoms with Gasteiger partial charge < -0.3 is 15.3 Å². The van der Waals surface area contributed by atoms with Gasteiger partial charge in [0.05, 0.1) is 0 Å². The molecule has 2 unspecified atom stereocenters. The van der Waals surface area contributed by atoms with Crippen LogP contribution >= 0.6 is 0 Å². The van der Waals surface area contributed by atoms with E-state index in [1.165, 1.54) is 12.8 Å². The second-order valence-corrected chi connectivity index (χ2v) is 5.63. The van der Waals surface area contributed by atoms with Gasteiger partial charge in [-0.3, -0.25) is 5.10 Å². The van der Waals surface area contributed by atoms with Crippen LogP contribution in [0.1, 0.15) is 31.5 Å². The summed E-state index contributed by atoms with van der Waals surface area (Å²) in [5.74, 6) is 2.53. The Hall–Kier alpha value is -1.14. The highest BCUT2D eigenvalue weighted by Gasteiger charge is 2.35. The first-order valence-electron chi connectivity index (χ1n) is 7.37. The summed E-state index contributed by atoms with van der Waals surface area (Å²) in [6.45, 7) is 3.50. The van der Waals surface area contributed by atoms with Crippen molar-refractivity contribution in [3.8, 4) is 0 Å². The summed E-state index contributed by atoms with van der Waals surface area (Å²) in [5, 5.41) is 19.7. The molecule has 0 radical (unpaired) electrons. The Morgan fingerprint density at radius 3 is 3.11 bits per heavy atom. The number of unbranched alkanes of at least 4 members (excludes halogenated alkanes) is 1. The minimum atomic E-state index is 0.252. The number of aliphatic hydroxyl groups excluding tert-OH is 1. The minimum absolute atomic E-state index is 0.252. The zero-order valence-corrected chi connectivity index (χ0v) is 11.3. The number of hydrogen-bond acceptors (Lipinski definition) is 5. The topological polar surface area (TPSA) is 77.1 Å². The smallest absolute Gasteiger partial charge is 0.244 e. The summed E-state index contributed by atoms with van der Waals surface area (Å²) in [5.41, 5.74) is 0. The highest BCUT2D eigenvalue weighted by atomic mass is 16.2. The van der Waals surface area contributed by atoms with Gasteiger partial charge in [0.2, 0.25) is 5.95 Å². The van der Waals surface area contributed by atoms with E-state index in [-0.39, 0.29) is 6.61 Å². The molecule has 0 amide bonds. The lowest BCUT2D eigenvalue weighted by Crippen LogP contribution is -2.40. The van der Waals surface area contributed by atoms with Gasteiger partial charge >= 0.3 is 0 Å². The van der Waals surface area contributed by atoms with Crippen LogP contribution in [0.2, 0.25) is 0 Å². The molecule has 2 aliphatic heterocycles. The number of hydrogen-bond donors (Lipinski definition) is 3. The van der Waals surface area contributed by atoms with Gasteiger partial charge in [-0.1, -0.05) is 0 Å². The number of aryl methyl sites for hydroxylation is 1. The molecule has 3 heterocycles. The number of aromatic amines is 1. The van der Waals surface area contributed by atoms with Gasteiger partial charge in [0.25, 0.3) is 0 Å². The molecule has 2 aliphatic rings. The lowest BCUT2D eigenvalue weighted by Gasteiger charge is -2.24. The largest absolute Gasteiger partial charge is 0.396 e. The molecular formula is C13H23N5O. The second kappa shape index (κ2) is 5.88. The van der Waals surface area contributed by atoms with Gasteiger partial charge in [-0.05, 0) is 38.1 Å². The van der Waals surface area contributed by atoms with E-state index in [0.717, 1.165) is 56.6 Å². The maximum atomic E-state index is 8.78. The Balaban J connectivity index is 1.57. The van der Waals surface area contributed by atoms with Gasteiger partial charge in [0, 0.05) is 32.2 Å². The van der Waals surface area contributed by atoms with Gasteiger partial charge in [-0.15, -0.1) is 5.10 Å². The molecule has 0 spiro atoms. The summed E-state index contributed by atoms with van der Waals surface area (Å²) in [4.78, 5) is 6.86. The van der Waals surface area contributed by atoms with E-state index in [4.69, 9.17) is 5.11 Å². The second-order valence-electron chi connectivity index (χ2n) is 5.63. The molecule has 1 aromatic heterocycles. The number of H-pyrrole nitrogens is 1. The molecule has 3 rings (SSSR count). The molecule has 1 aromatic rings. The van der Waals surface area contributed by atoms with E-state index in [0.29, 0.717) is 6.04 Å². The fourth-order valence-corrected chi connectivity index (χ4v) is 3.15. The third kappa shape index (κ3) is 2.90. The van der Waals surface area contributed by atoms with E-state index in [1.54, 1.807) is 0 Å². The molecule has 0 saturated carbocycles. The van der Waals surface area contributed by atoms with E-state index < -0.39 is 0 Å². The van der Waals surface area contributed by atoms with Crippen LogP contribution in [0.15, 0.2) is 0 Å². The Kier molecular flexibility index (Phi) is 3.98. The summed E-state index contributed by atoms with van der Waals surface area (Å²) in [6.07, 6.45) is 5.26. The monoisotopic (exact) mass is 265 g/mol. The highest BCUT2D eigenvalue weighted by molar-refractivity contribution is 5.32. The first kappa shape index (κ1) is 12.9. The maximum absolute atomic E-state index is 8.78. The van der Waals surface area contributed by atoms with Crippen LogP contribution in [0, 0.1) is 5.92 Å². The zero-order valence-electron chi connectivity index (χ0n) is 11.3. The number of aromatic nitrogens is 3. The molecule has 2 atom stereocenters. The first-order valence-corrected chi connectivity index (χ1v) is 7.37. The normalized spacial score (nSPS) is 26.7. The van der Waals surface area contributed by atoms with Crippen molar-refractivity contribution in [2.75, 3.05) is 31.1 Å². The van der Waals surface area contributed by atoms with Crippen LogP contribution in [0.5, 0.6) is 0 Å². The molecular weight excluding hydrogens is 242 g/mol. The standard InChI is InChI=1S/C13H23N5O/c19-7-2-1-5-12-15-13(17-16-12)18-8-10-4-3-6-14-11(10)9-18/h10-11,14,19H,1-9H2,(H,15,16,17). The number of fused-ring (bicyclic) bond motifs is 1. The molecule has 3 N–H and O–H groups in total. The van der Waals surface area contributed by atoms with Crippen molar-refractivity contribution >= 4 is 5.95 Å². The molecule has 6 heteroatoms. The number of anilines is 1. The molecule has 6 nitrogen and oxygen atoms in total. The molecule has 2 fully saturated rings. The first-order chi connectivity index (χ1) is 9.36. The molecule has 0 bridgehead atoms. The zero-order chi connectivity index (χ0) is 13.1. The SMILES string of the molecule is OCCCCc1nc(N2CC3CCCNC3C2)n[nH]1. The van der Waals surface area contributed by atoms with Crippen molar-refractivity contribution in [1.82, 2.24) is 20.5 Å². The third-order valence-corrected chi connectivity index (χ3v) is 4.22. The summed E-state index contributed by atoms with van der Waals surface area (Å²) < 4.78 is 0. The van der Waals surface area contributed by atoms with Gasteiger partial charge in [-0.25, -0.2) is 0 Å². The van der Waals surface area contributed by atoms with Gasteiger partial charge in [-0.2, -0.15) is 4.98 Å². The Morgan fingerprint density at radius 1 is 1.32 bits per heavy atom. The number of rotatable bonds is 5. The van der Waals surface area contributed by atoms with Crippen LogP contribution in [-0.2, 0) is 6.42 Å². The number of nitrogens with zero attached hydrogens (tertiary/aromatic N) is 3. The molecule has 19 heavy (non-hydrogen) atoms. The summed E-state index contributed by atoms with van der Waals surface area (Å²) in [6, 6.07) is 0.616. The van der Waals surface area contributed by atoms with Crippen LogP contribution in [-0.4, -0.2) is 52.6 Å². The molecule has 2 saturated heterocycles. The van der Waals surface area contributed by atoms with Crippen molar-refractivity contribution in [3.05, 3.63) is 5.82 Å². The molecule has 106 valence electrons. The average Bonchev–Trinajstić information content (AvgIpc) is 3.04. The lowest BCUT2D eigenvalue weighted by molar-refractivity contribution is 0.284. The van der Waals surface area contributed by atoms with E-state index >= 15 is 0 Å². The minimum Gasteiger partial charge on any atom is -0.396 e. The quantitative estimate of drug-likeness (QED) is 0.668. The predicted octanol–water partition coefficient (Wildman–Crippen LogP) is 0.308. The Bertz CT molecular complexity index is 393. The fourth-order valence-electron chi connectivity index (χ4n) is 3.15. The van der Waals surface area contributed by atoms with Crippen molar-refractivity contribution in [1.29, 1.82) is 0 Å². The number of piperidine rings is 1. The van der Waals surface area contributed by atoms with Crippen LogP contribution in [0.25, 0.3) is 0 Å². The average molecular weight is 265 g/mol. The Morgan fingerprint density at radius 2 is 2.26 bits per heavy atom. The van der Waals surface area contributed by atoms with Crippen molar-refractivity contribution in [2.24, 2.45) is 5.92 Å². The van der Waals surface area contributed by atoms with Crippen molar-refractivity contribution < 1.29 is 5.11 Å². The number of aliphatic hydroxyl groups is 1. The van der Waals surface area contributed by atoms with E-state index in [9.17, 15) is 0 Å². The van der Waals surface area contributed by atoms with Crippen LogP contribution in [0.3, 0.4) is 0 Å². The van der Waals surface area contributed by atoms with Gasteiger partial charge in [0.15, 0.2) is 0 Å². The molecule has 0 aliphatic carbocycles. The predicted molar refractivity (Wildman–Crippen MR) is 73.1 cm³/mol. The lowest BCUT2D eigenvalue weighted by atomic mass is 9.94.